The molecule has 3 heterocycles. The fraction of sp³-hybridized carbons (Fsp3) is 0.158. The molecule has 27 heavy (non-hydrogen) atoms. The second kappa shape index (κ2) is 5.83. The summed E-state index contributed by atoms with van der Waals surface area (Å²) in [5, 5.41) is 3.60. The number of ether oxygens (including phenoxy) is 2. The van der Waals surface area contributed by atoms with Crippen molar-refractivity contribution in [1.82, 2.24) is 10.4 Å². The van der Waals surface area contributed by atoms with Crippen LogP contribution in [0.3, 0.4) is 0 Å². The van der Waals surface area contributed by atoms with Crippen molar-refractivity contribution in [2.75, 3.05) is 18.2 Å². The van der Waals surface area contributed by atoms with Crippen molar-refractivity contribution in [3.05, 3.63) is 60.3 Å². The van der Waals surface area contributed by atoms with Gasteiger partial charge in [0.1, 0.15) is 13.2 Å². The smallest absolute Gasteiger partial charge is 0.215 e. The molecule has 2 aromatic carbocycles. The molecule has 2 aliphatic rings. The first-order valence-electron chi connectivity index (χ1n) is 8.60. The van der Waals surface area contributed by atoms with E-state index in [1.807, 2.05) is 48.5 Å². The molecule has 1 aromatic heterocycles. The van der Waals surface area contributed by atoms with Gasteiger partial charge in [0.2, 0.25) is 11.7 Å². The quantitative estimate of drug-likeness (QED) is 0.632. The summed E-state index contributed by atoms with van der Waals surface area (Å²) in [5.41, 5.74) is 16.6. The lowest BCUT2D eigenvalue weighted by molar-refractivity contribution is 0.171. The van der Waals surface area contributed by atoms with E-state index in [2.05, 4.69) is 15.4 Å². The number of hydrazine groups is 1. The summed E-state index contributed by atoms with van der Waals surface area (Å²) in [6.45, 7) is 1.03. The molecule has 0 bridgehead atoms. The Hall–Kier alpha value is -3.36. The summed E-state index contributed by atoms with van der Waals surface area (Å²) in [7, 11) is 0. The van der Waals surface area contributed by atoms with Crippen LogP contribution in [0.15, 0.2) is 59.7 Å². The summed E-state index contributed by atoms with van der Waals surface area (Å²) in [4.78, 5) is 8.93. The average Bonchev–Trinajstić information content (AvgIpc) is 3.02. The van der Waals surface area contributed by atoms with Crippen LogP contribution in [0.2, 0.25) is 0 Å². The SMILES string of the molecule is NC1=NC(N)(c2ccc3c(c2)OCCO3)NN1c1nccc2ccccc12. The average molecular weight is 362 g/mol. The number of rotatable bonds is 2. The highest BCUT2D eigenvalue weighted by Crippen LogP contribution is 2.35. The molecule has 3 aromatic rings. The standard InChI is InChI=1S/C19H18N6O2/c20-18-23-19(21,13-5-6-15-16(11-13)27-10-9-26-15)24-25(18)17-14-4-2-1-3-12(14)7-8-22-17/h1-8,11,24H,9-10,21H2,(H2,20,23). The van der Waals surface area contributed by atoms with Crippen LogP contribution in [-0.4, -0.2) is 24.2 Å². The zero-order valence-corrected chi connectivity index (χ0v) is 14.4. The number of pyridine rings is 1. The van der Waals surface area contributed by atoms with Crippen LogP contribution in [0, 0.1) is 0 Å². The molecule has 0 radical (unpaired) electrons. The number of anilines is 1. The number of nitrogens with two attached hydrogens (primary N) is 2. The number of nitrogens with zero attached hydrogens (tertiary/aromatic N) is 3. The largest absolute Gasteiger partial charge is 0.486 e. The van der Waals surface area contributed by atoms with E-state index in [0.717, 1.165) is 10.8 Å². The number of nitrogens with one attached hydrogen (secondary N) is 1. The Labute approximate surface area is 155 Å². The Kier molecular flexibility index (Phi) is 3.43. The highest BCUT2D eigenvalue weighted by molar-refractivity contribution is 6.03. The van der Waals surface area contributed by atoms with Crippen molar-refractivity contribution < 1.29 is 9.47 Å². The molecule has 1 atom stereocenters. The van der Waals surface area contributed by atoms with Crippen molar-refractivity contribution in [1.29, 1.82) is 0 Å². The van der Waals surface area contributed by atoms with Gasteiger partial charge in [-0.25, -0.2) is 15.0 Å². The molecule has 2 aliphatic heterocycles. The molecule has 5 rings (SSSR count). The highest BCUT2D eigenvalue weighted by atomic mass is 16.6. The van der Waals surface area contributed by atoms with Gasteiger partial charge >= 0.3 is 0 Å². The predicted molar refractivity (Wildman–Crippen MR) is 102 cm³/mol. The third-order valence-electron chi connectivity index (χ3n) is 4.65. The Bertz CT molecular complexity index is 1060. The Morgan fingerprint density at radius 3 is 2.74 bits per heavy atom. The monoisotopic (exact) mass is 362 g/mol. The van der Waals surface area contributed by atoms with Crippen molar-refractivity contribution in [3.8, 4) is 11.5 Å². The van der Waals surface area contributed by atoms with Crippen LogP contribution in [-0.2, 0) is 5.79 Å². The zero-order chi connectivity index (χ0) is 18.4. The van der Waals surface area contributed by atoms with Crippen molar-refractivity contribution in [2.24, 2.45) is 16.5 Å². The number of aromatic nitrogens is 1. The fourth-order valence-electron chi connectivity index (χ4n) is 3.34. The summed E-state index contributed by atoms with van der Waals surface area (Å²) in [6, 6.07) is 15.4. The maximum Gasteiger partial charge on any atom is 0.215 e. The maximum absolute atomic E-state index is 6.53. The Balaban J connectivity index is 1.54. The second-order valence-electron chi connectivity index (χ2n) is 6.40. The molecular formula is C19H18N6O2. The fourth-order valence-corrected chi connectivity index (χ4v) is 3.34. The minimum absolute atomic E-state index is 0.233. The van der Waals surface area contributed by atoms with Gasteiger partial charge in [0.15, 0.2) is 17.3 Å². The minimum Gasteiger partial charge on any atom is -0.486 e. The van der Waals surface area contributed by atoms with Gasteiger partial charge in [-0.3, -0.25) is 5.73 Å². The van der Waals surface area contributed by atoms with Crippen LogP contribution in [0.1, 0.15) is 5.56 Å². The number of hydrogen-bond acceptors (Lipinski definition) is 8. The van der Waals surface area contributed by atoms with Crippen molar-refractivity contribution >= 4 is 22.5 Å². The van der Waals surface area contributed by atoms with Gasteiger partial charge in [-0.15, -0.1) is 0 Å². The molecule has 1 unspecified atom stereocenters. The molecular weight excluding hydrogens is 344 g/mol. The summed E-state index contributed by atoms with van der Waals surface area (Å²) in [5.74, 6) is 0.964. The first-order valence-corrected chi connectivity index (χ1v) is 8.60. The molecule has 5 N–H and O–H groups in total. The lowest BCUT2D eigenvalue weighted by atomic mass is 10.1. The van der Waals surface area contributed by atoms with Crippen LogP contribution in [0.5, 0.6) is 11.5 Å². The third kappa shape index (κ3) is 2.54. The normalized spacial score (nSPS) is 21.4. The van der Waals surface area contributed by atoms with Crippen molar-refractivity contribution in [2.45, 2.75) is 5.79 Å². The van der Waals surface area contributed by atoms with E-state index in [-0.39, 0.29) is 5.96 Å². The molecule has 0 aliphatic carbocycles. The number of benzene rings is 2. The highest BCUT2D eigenvalue weighted by Gasteiger charge is 2.38. The lowest BCUT2D eigenvalue weighted by Crippen LogP contribution is -2.53. The van der Waals surface area contributed by atoms with E-state index in [1.54, 1.807) is 11.2 Å². The van der Waals surface area contributed by atoms with Crippen LogP contribution < -0.4 is 31.4 Å². The first-order chi connectivity index (χ1) is 13.1. The van der Waals surface area contributed by atoms with Gasteiger partial charge in [0.05, 0.1) is 0 Å². The van der Waals surface area contributed by atoms with Gasteiger partial charge in [0, 0.05) is 17.1 Å². The molecule has 0 saturated heterocycles. The Morgan fingerprint density at radius 1 is 1.04 bits per heavy atom. The van der Waals surface area contributed by atoms with E-state index in [9.17, 15) is 0 Å². The topological polar surface area (TPSA) is 111 Å². The van der Waals surface area contributed by atoms with E-state index in [1.165, 1.54) is 0 Å². The lowest BCUT2D eigenvalue weighted by Gasteiger charge is -2.27. The molecule has 8 heteroatoms. The number of fused-ring (bicyclic) bond motifs is 2. The predicted octanol–water partition coefficient (Wildman–Crippen LogP) is 1.41. The maximum atomic E-state index is 6.53. The van der Waals surface area contributed by atoms with Gasteiger partial charge in [-0.1, -0.05) is 24.3 Å². The molecule has 0 spiro atoms. The van der Waals surface area contributed by atoms with Gasteiger partial charge in [-0.05, 0) is 29.7 Å². The molecule has 136 valence electrons. The first kappa shape index (κ1) is 15.9. The van der Waals surface area contributed by atoms with Gasteiger partial charge < -0.3 is 15.2 Å². The number of aliphatic imine (C=N–C) groups is 1. The molecule has 8 nitrogen and oxygen atoms in total. The van der Waals surface area contributed by atoms with Crippen LogP contribution in [0.4, 0.5) is 5.82 Å². The second-order valence-corrected chi connectivity index (χ2v) is 6.40. The van der Waals surface area contributed by atoms with E-state index in [0.29, 0.717) is 36.1 Å². The summed E-state index contributed by atoms with van der Waals surface area (Å²) < 4.78 is 11.2. The van der Waals surface area contributed by atoms with Gasteiger partial charge in [0.25, 0.3) is 0 Å². The van der Waals surface area contributed by atoms with Gasteiger partial charge in [-0.2, -0.15) is 5.43 Å². The van der Waals surface area contributed by atoms with E-state index in [4.69, 9.17) is 20.9 Å². The molecule has 0 saturated carbocycles. The molecule has 0 fully saturated rings. The van der Waals surface area contributed by atoms with Crippen LogP contribution in [0.25, 0.3) is 10.8 Å². The zero-order valence-electron chi connectivity index (χ0n) is 14.4. The van der Waals surface area contributed by atoms with Crippen LogP contribution >= 0.6 is 0 Å². The van der Waals surface area contributed by atoms with E-state index < -0.39 is 5.79 Å². The summed E-state index contributed by atoms with van der Waals surface area (Å²) in [6.07, 6.45) is 1.73. The van der Waals surface area contributed by atoms with E-state index >= 15 is 0 Å². The summed E-state index contributed by atoms with van der Waals surface area (Å²) >= 11 is 0. The Morgan fingerprint density at radius 2 is 1.85 bits per heavy atom. The third-order valence-corrected chi connectivity index (χ3v) is 4.65. The molecule has 0 amide bonds. The number of hydrogen-bond donors (Lipinski definition) is 3. The minimum atomic E-state index is -1.24. The van der Waals surface area contributed by atoms with Crippen molar-refractivity contribution in [3.63, 3.8) is 0 Å². The number of guanidine groups is 1.